The largest absolute Gasteiger partial charge is 0.389 e. The summed E-state index contributed by atoms with van der Waals surface area (Å²) in [5.74, 6) is -0.147. The number of hydrogen-bond acceptors (Lipinski definition) is 2. The van der Waals surface area contributed by atoms with Crippen molar-refractivity contribution in [3.05, 3.63) is 35.6 Å². The van der Waals surface area contributed by atoms with Crippen LogP contribution in [0.15, 0.2) is 24.3 Å². The lowest BCUT2D eigenvalue weighted by Crippen LogP contribution is -2.53. The molecule has 0 radical (unpaired) electrons. The first kappa shape index (κ1) is 12.0. The Kier molecular flexibility index (Phi) is 3.43. The zero-order chi connectivity index (χ0) is 12.4. The fraction of sp³-hybridized carbons (Fsp3) is 0.462. The SMILES string of the molecule is CC(CC(=O)N1CC(O)C1)c1ccc(F)cc1. The van der Waals surface area contributed by atoms with Crippen molar-refractivity contribution in [2.24, 2.45) is 0 Å². The van der Waals surface area contributed by atoms with Crippen LogP contribution in [0.25, 0.3) is 0 Å². The number of rotatable bonds is 3. The van der Waals surface area contributed by atoms with Crippen LogP contribution in [0.4, 0.5) is 4.39 Å². The van der Waals surface area contributed by atoms with E-state index in [0.717, 1.165) is 5.56 Å². The minimum Gasteiger partial charge on any atom is -0.389 e. The van der Waals surface area contributed by atoms with Crippen LogP contribution in [-0.4, -0.2) is 35.1 Å². The minimum atomic E-state index is -0.361. The average Bonchev–Trinajstić information content (AvgIpc) is 2.25. The number of carbonyl (C=O) groups excluding carboxylic acids is 1. The Morgan fingerprint density at radius 3 is 2.59 bits per heavy atom. The Balaban J connectivity index is 1.90. The monoisotopic (exact) mass is 237 g/mol. The van der Waals surface area contributed by atoms with E-state index in [2.05, 4.69) is 0 Å². The van der Waals surface area contributed by atoms with Crippen molar-refractivity contribution in [3.8, 4) is 0 Å². The molecule has 1 atom stereocenters. The topological polar surface area (TPSA) is 40.5 Å². The van der Waals surface area contributed by atoms with E-state index in [0.29, 0.717) is 19.5 Å². The van der Waals surface area contributed by atoms with E-state index < -0.39 is 0 Å². The van der Waals surface area contributed by atoms with Crippen LogP contribution in [0.5, 0.6) is 0 Å². The van der Waals surface area contributed by atoms with Gasteiger partial charge in [-0.25, -0.2) is 4.39 Å². The smallest absolute Gasteiger partial charge is 0.223 e. The molecule has 1 aliphatic rings. The van der Waals surface area contributed by atoms with Crippen LogP contribution in [0.2, 0.25) is 0 Å². The number of benzene rings is 1. The molecule has 1 N–H and O–H groups in total. The number of aliphatic hydroxyl groups is 1. The predicted molar refractivity (Wildman–Crippen MR) is 62.0 cm³/mol. The van der Waals surface area contributed by atoms with Gasteiger partial charge >= 0.3 is 0 Å². The molecular formula is C13H16FNO2. The Bertz CT molecular complexity index is 398. The third-order valence-corrected chi connectivity index (χ3v) is 3.13. The third-order valence-electron chi connectivity index (χ3n) is 3.13. The number of β-amino-alcohol motifs (C(OH)–C–C–N with tert-alkyl or cyclic N) is 1. The maximum atomic E-state index is 12.7. The summed E-state index contributed by atoms with van der Waals surface area (Å²) in [5.41, 5.74) is 0.959. The summed E-state index contributed by atoms with van der Waals surface area (Å²) in [6.07, 6.45) is 0.0401. The Morgan fingerprint density at radius 1 is 1.47 bits per heavy atom. The summed E-state index contributed by atoms with van der Waals surface area (Å²) in [7, 11) is 0. The second-order valence-electron chi connectivity index (χ2n) is 4.61. The van der Waals surface area contributed by atoms with Crippen molar-refractivity contribution in [2.75, 3.05) is 13.1 Å². The van der Waals surface area contributed by atoms with Gasteiger partial charge in [0.2, 0.25) is 5.91 Å². The molecule has 0 aromatic heterocycles. The lowest BCUT2D eigenvalue weighted by molar-refractivity contribution is -0.141. The standard InChI is InChI=1S/C13H16FNO2/c1-9(10-2-4-11(14)5-3-10)6-13(17)15-7-12(16)8-15/h2-5,9,12,16H,6-8H2,1H3. The summed E-state index contributed by atoms with van der Waals surface area (Å²) >= 11 is 0. The van der Waals surface area contributed by atoms with Crippen molar-refractivity contribution >= 4 is 5.91 Å². The Labute approximate surface area is 99.9 Å². The van der Waals surface area contributed by atoms with Gasteiger partial charge in [-0.3, -0.25) is 4.79 Å². The molecule has 0 bridgehead atoms. The zero-order valence-corrected chi connectivity index (χ0v) is 9.77. The number of halogens is 1. The second kappa shape index (κ2) is 4.84. The van der Waals surface area contributed by atoms with Crippen molar-refractivity contribution in [1.29, 1.82) is 0 Å². The van der Waals surface area contributed by atoms with E-state index in [1.54, 1.807) is 17.0 Å². The highest BCUT2D eigenvalue weighted by molar-refractivity contribution is 5.78. The second-order valence-corrected chi connectivity index (χ2v) is 4.61. The van der Waals surface area contributed by atoms with Gasteiger partial charge in [-0.2, -0.15) is 0 Å². The van der Waals surface area contributed by atoms with Gasteiger partial charge in [0.15, 0.2) is 0 Å². The summed E-state index contributed by atoms with van der Waals surface area (Å²) in [5, 5.41) is 9.11. The van der Waals surface area contributed by atoms with Crippen LogP contribution in [-0.2, 0) is 4.79 Å². The van der Waals surface area contributed by atoms with Crippen LogP contribution in [0.1, 0.15) is 24.8 Å². The van der Waals surface area contributed by atoms with Gasteiger partial charge in [-0.05, 0) is 23.6 Å². The lowest BCUT2D eigenvalue weighted by atomic mass is 9.96. The average molecular weight is 237 g/mol. The van der Waals surface area contributed by atoms with Gasteiger partial charge < -0.3 is 10.0 Å². The number of likely N-dealkylation sites (tertiary alicyclic amines) is 1. The molecule has 1 heterocycles. The molecule has 17 heavy (non-hydrogen) atoms. The Morgan fingerprint density at radius 2 is 2.06 bits per heavy atom. The molecule has 1 amide bonds. The maximum absolute atomic E-state index is 12.7. The normalized spacial score (nSPS) is 17.7. The van der Waals surface area contributed by atoms with E-state index in [9.17, 15) is 9.18 Å². The van der Waals surface area contributed by atoms with Crippen molar-refractivity contribution in [2.45, 2.75) is 25.4 Å². The van der Waals surface area contributed by atoms with Crippen LogP contribution >= 0.6 is 0 Å². The van der Waals surface area contributed by atoms with E-state index in [1.165, 1.54) is 12.1 Å². The zero-order valence-electron chi connectivity index (χ0n) is 9.77. The van der Waals surface area contributed by atoms with Crippen molar-refractivity contribution < 1.29 is 14.3 Å². The third kappa shape index (κ3) is 2.82. The molecule has 1 unspecified atom stereocenters. The minimum absolute atomic E-state index is 0.0483. The van der Waals surface area contributed by atoms with Crippen molar-refractivity contribution in [3.63, 3.8) is 0 Å². The highest BCUT2D eigenvalue weighted by Gasteiger charge is 2.29. The molecular weight excluding hydrogens is 221 g/mol. The summed E-state index contributed by atoms with van der Waals surface area (Å²) in [4.78, 5) is 13.4. The van der Waals surface area contributed by atoms with Gasteiger partial charge in [0.1, 0.15) is 5.82 Å². The molecule has 1 aromatic carbocycles. The first-order chi connectivity index (χ1) is 8.06. The molecule has 2 rings (SSSR count). The number of hydrogen-bond donors (Lipinski definition) is 1. The van der Waals surface area contributed by atoms with Crippen LogP contribution in [0, 0.1) is 5.82 Å². The highest BCUT2D eigenvalue weighted by Crippen LogP contribution is 2.21. The van der Waals surface area contributed by atoms with Crippen LogP contribution < -0.4 is 0 Å². The molecule has 1 aromatic rings. The number of aliphatic hydroxyl groups excluding tert-OH is 1. The van der Waals surface area contributed by atoms with Gasteiger partial charge in [-0.1, -0.05) is 19.1 Å². The fourth-order valence-corrected chi connectivity index (χ4v) is 1.96. The molecule has 4 heteroatoms. The van der Waals surface area contributed by atoms with E-state index >= 15 is 0 Å². The lowest BCUT2D eigenvalue weighted by Gasteiger charge is -2.36. The fourth-order valence-electron chi connectivity index (χ4n) is 1.96. The molecule has 3 nitrogen and oxygen atoms in total. The quantitative estimate of drug-likeness (QED) is 0.866. The van der Waals surface area contributed by atoms with Gasteiger partial charge in [0, 0.05) is 19.5 Å². The summed E-state index contributed by atoms with van der Waals surface area (Å²) in [6.45, 7) is 2.82. The first-order valence-corrected chi connectivity index (χ1v) is 5.77. The van der Waals surface area contributed by atoms with Gasteiger partial charge in [-0.15, -0.1) is 0 Å². The molecule has 1 aliphatic heterocycles. The van der Waals surface area contributed by atoms with E-state index in [-0.39, 0.29) is 23.7 Å². The van der Waals surface area contributed by atoms with E-state index in [4.69, 9.17) is 5.11 Å². The van der Waals surface area contributed by atoms with Gasteiger partial charge in [0.25, 0.3) is 0 Å². The maximum Gasteiger partial charge on any atom is 0.223 e. The number of amides is 1. The summed E-state index contributed by atoms with van der Waals surface area (Å²) in [6, 6.07) is 6.23. The molecule has 92 valence electrons. The van der Waals surface area contributed by atoms with E-state index in [1.807, 2.05) is 6.92 Å². The molecule has 0 saturated carbocycles. The van der Waals surface area contributed by atoms with Crippen molar-refractivity contribution in [1.82, 2.24) is 4.90 Å². The molecule has 0 aliphatic carbocycles. The summed E-state index contributed by atoms with van der Waals surface area (Å²) < 4.78 is 12.7. The molecule has 0 spiro atoms. The highest BCUT2D eigenvalue weighted by atomic mass is 19.1. The van der Waals surface area contributed by atoms with Crippen LogP contribution in [0.3, 0.4) is 0 Å². The first-order valence-electron chi connectivity index (χ1n) is 5.77. The molecule has 1 fully saturated rings. The number of carbonyl (C=O) groups is 1. The van der Waals surface area contributed by atoms with Gasteiger partial charge in [0.05, 0.1) is 6.10 Å². The Hall–Kier alpha value is -1.42. The number of nitrogens with zero attached hydrogens (tertiary/aromatic N) is 1. The predicted octanol–water partition coefficient (Wildman–Crippen LogP) is 1.52. The molecule has 1 saturated heterocycles.